The first-order valence-corrected chi connectivity index (χ1v) is 7.14. The van der Waals surface area contributed by atoms with Crippen molar-refractivity contribution < 1.29 is 27.6 Å². The summed E-state index contributed by atoms with van der Waals surface area (Å²) in [5, 5.41) is 15.6. The molecule has 0 aliphatic carbocycles. The van der Waals surface area contributed by atoms with E-state index in [0.29, 0.717) is 5.69 Å². The molecule has 9 heteroatoms. The van der Waals surface area contributed by atoms with Crippen LogP contribution in [-0.2, 0) is 10.1 Å². The molecule has 112 valence electrons. The Hall–Kier alpha value is -2.39. The van der Waals surface area contributed by atoms with E-state index >= 15 is 0 Å². The van der Waals surface area contributed by atoms with Gasteiger partial charge in [-0.3, -0.25) is 9.65 Å². The van der Waals surface area contributed by atoms with Crippen LogP contribution < -0.4 is 4.74 Å². The van der Waals surface area contributed by atoms with Gasteiger partial charge in [0, 0.05) is 11.3 Å². The van der Waals surface area contributed by atoms with E-state index in [-0.39, 0.29) is 22.6 Å². The Kier molecular flexibility index (Phi) is 3.71. The van der Waals surface area contributed by atoms with Crippen molar-refractivity contribution in [1.29, 1.82) is 0 Å². The standard InChI is InChI=1S/C12H12N2O6S/c1-6-10(12(15)16)11(14-13-6)7-3-4-8(20-2)9(5-7)21(17,18)19/h3-5H,1-2H3,(H,13,14)(H,15,16)(H,17,18,19). The number of aromatic carboxylic acids is 1. The van der Waals surface area contributed by atoms with Crippen LogP contribution in [0, 0.1) is 6.92 Å². The zero-order valence-corrected chi connectivity index (χ0v) is 11.9. The van der Waals surface area contributed by atoms with Gasteiger partial charge in [0.15, 0.2) is 0 Å². The molecule has 0 fully saturated rings. The van der Waals surface area contributed by atoms with Gasteiger partial charge in [-0.1, -0.05) is 0 Å². The van der Waals surface area contributed by atoms with E-state index in [1.54, 1.807) is 0 Å². The number of nitrogens with one attached hydrogen (secondary N) is 1. The minimum Gasteiger partial charge on any atom is -0.495 e. The summed E-state index contributed by atoms with van der Waals surface area (Å²) >= 11 is 0. The molecule has 0 aliphatic rings. The van der Waals surface area contributed by atoms with Crippen molar-refractivity contribution in [3.63, 3.8) is 0 Å². The quantitative estimate of drug-likeness (QED) is 0.726. The summed E-state index contributed by atoms with van der Waals surface area (Å²) in [4.78, 5) is 10.8. The number of aromatic nitrogens is 2. The molecule has 0 amide bonds. The number of H-pyrrole nitrogens is 1. The summed E-state index contributed by atoms with van der Waals surface area (Å²) in [7, 11) is -3.26. The molecule has 0 bridgehead atoms. The number of hydrogen-bond acceptors (Lipinski definition) is 5. The second kappa shape index (κ2) is 5.19. The number of aromatic amines is 1. The Morgan fingerprint density at radius 1 is 1.38 bits per heavy atom. The number of ether oxygens (including phenoxy) is 1. The zero-order valence-electron chi connectivity index (χ0n) is 11.1. The molecule has 3 N–H and O–H groups in total. The Labute approximate surface area is 120 Å². The number of benzene rings is 1. The van der Waals surface area contributed by atoms with Crippen LogP contribution in [0.4, 0.5) is 0 Å². The van der Waals surface area contributed by atoms with Crippen molar-refractivity contribution in [2.24, 2.45) is 0 Å². The Bertz CT molecular complexity index is 809. The van der Waals surface area contributed by atoms with Gasteiger partial charge < -0.3 is 9.84 Å². The summed E-state index contributed by atoms with van der Waals surface area (Å²) in [5.41, 5.74) is 0.570. The first kappa shape index (κ1) is 15.0. The van der Waals surface area contributed by atoms with Crippen molar-refractivity contribution in [1.82, 2.24) is 10.2 Å². The maximum Gasteiger partial charge on any atom is 0.339 e. The number of carboxylic acids is 1. The van der Waals surface area contributed by atoms with E-state index in [4.69, 9.17) is 4.74 Å². The summed E-state index contributed by atoms with van der Waals surface area (Å²) in [6, 6.07) is 3.87. The molecular weight excluding hydrogens is 300 g/mol. The fourth-order valence-electron chi connectivity index (χ4n) is 1.93. The first-order valence-electron chi connectivity index (χ1n) is 5.70. The second-order valence-corrected chi connectivity index (χ2v) is 5.61. The SMILES string of the molecule is COc1ccc(-c2n[nH]c(C)c2C(=O)O)cc1S(=O)(=O)O. The second-order valence-electron chi connectivity index (χ2n) is 4.22. The van der Waals surface area contributed by atoms with Crippen LogP contribution in [0.3, 0.4) is 0 Å². The van der Waals surface area contributed by atoms with Gasteiger partial charge in [0.1, 0.15) is 21.9 Å². The van der Waals surface area contributed by atoms with Crippen LogP contribution in [0.15, 0.2) is 23.1 Å². The predicted octanol–water partition coefficient (Wildman–Crippen LogP) is 1.34. The number of carbonyl (C=O) groups is 1. The number of nitrogens with zero attached hydrogens (tertiary/aromatic N) is 1. The molecule has 1 aromatic heterocycles. The number of aryl methyl sites for hydroxylation is 1. The molecule has 21 heavy (non-hydrogen) atoms. The van der Waals surface area contributed by atoms with Crippen molar-refractivity contribution in [2.75, 3.05) is 7.11 Å². The molecule has 1 aromatic carbocycles. The molecule has 0 radical (unpaired) electrons. The van der Waals surface area contributed by atoms with Crippen molar-refractivity contribution in [3.8, 4) is 17.0 Å². The topological polar surface area (TPSA) is 130 Å². The molecule has 0 spiro atoms. The van der Waals surface area contributed by atoms with Gasteiger partial charge in [0.25, 0.3) is 10.1 Å². The summed E-state index contributed by atoms with van der Waals surface area (Å²) in [6.45, 7) is 1.53. The number of methoxy groups -OCH3 is 1. The smallest absolute Gasteiger partial charge is 0.339 e. The number of rotatable bonds is 4. The Morgan fingerprint density at radius 3 is 2.57 bits per heavy atom. The van der Waals surface area contributed by atoms with Crippen LogP contribution in [0.1, 0.15) is 16.1 Å². The maximum absolute atomic E-state index is 11.4. The number of hydrogen-bond donors (Lipinski definition) is 3. The molecule has 0 atom stereocenters. The van der Waals surface area contributed by atoms with Crippen molar-refractivity contribution in [3.05, 3.63) is 29.5 Å². The highest BCUT2D eigenvalue weighted by Crippen LogP contribution is 2.31. The van der Waals surface area contributed by atoms with Gasteiger partial charge in [-0.25, -0.2) is 4.79 Å². The third-order valence-corrected chi connectivity index (χ3v) is 3.75. The van der Waals surface area contributed by atoms with E-state index in [1.807, 2.05) is 0 Å². The lowest BCUT2D eigenvalue weighted by Crippen LogP contribution is -2.03. The minimum absolute atomic E-state index is 0.0506. The van der Waals surface area contributed by atoms with Crippen molar-refractivity contribution in [2.45, 2.75) is 11.8 Å². The highest BCUT2D eigenvalue weighted by molar-refractivity contribution is 7.86. The average Bonchev–Trinajstić information content (AvgIpc) is 2.79. The van der Waals surface area contributed by atoms with E-state index in [2.05, 4.69) is 10.2 Å². The number of carboxylic acid groups (broad SMARTS) is 1. The monoisotopic (exact) mass is 312 g/mol. The molecular formula is C12H12N2O6S. The summed E-state index contributed by atoms with van der Waals surface area (Å²) in [5.74, 6) is -1.24. The molecule has 2 aromatic rings. The minimum atomic E-state index is -4.51. The predicted molar refractivity (Wildman–Crippen MR) is 72.1 cm³/mol. The fraction of sp³-hybridized carbons (Fsp3) is 0.167. The van der Waals surface area contributed by atoms with Crippen LogP contribution >= 0.6 is 0 Å². The van der Waals surface area contributed by atoms with Crippen LogP contribution in [0.25, 0.3) is 11.3 Å². The van der Waals surface area contributed by atoms with E-state index in [1.165, 1.54) is 26.2 Å². The van der Waals surface area contributed by atoms with Gasteiger partial charge in [0.2, 0.25) is 0 Å². The molecule has 0 saturated heterocycles. The first-order chi connectivity index (χ1) is 9.75. The van der Waals surface area contributed by atoms with Gasteiger partial charge in [-0.2, -0.15) is 13.5 Å². The normalized spacial score (nSPS) is 11.4. The zero-order chi connectivity index (χ0) is 15.8. The van der Waals surface area contributed by atoms with Gasteiger partial charge in [-0.05, 0) is 25.1 Å². The lowest BCUT2D eigenvalue weighted by atomic mass is 10.1. The Balaban J connectivity index is 2.70. The molecule has 1 heterocycles. The third kappa shape index (κ3) is 2.73. The molecule has 0 aliphatic heterocycles. The average molecular weight is 312 g/mol. The van der Waals surface area contributed by atoms with Gasteiger partial charge >= 0.3 is 5.97 Å². The van der Waals surface area contributed by atoms with Crippen LogP contribution in [0.2, 0.25) is 0 Å². The lowest BCUT2D eigenvalue weighted by molar-refractivity contribution is 0.0697. The van der Waals surface area contributed by atoms with E-state index in [0.717, 1.165) is 6.07 Å². The molecule has 2 rings (SSSR count). The van der Waals surface area contributed by atoms with Gasteiger partial charge in [0.05, 0.1) is 7.11 Å². The lowest BCUT2D eigenvalue weighted by Gasteiger charge is -2.08. The molecule has 8 nitrogen and oxygen atoms in total. The highest BCUT2D eigenvalue weighted by Gasteiger charge is 2.22. The van der Waals surface area contributed by atoms with Gasteiger partial charge in [-0.15, -0.1) is 0 Å². The third-order valence-electron chi connectivity index (χ3n) is 2.88. The maximum atomic E-state index is 11.4. The highest BCUT2D eigenvalue weighted by atomic mass is 32.2. The summed E-state index contributed by atoms with van der Waals surface area (Å²) < 4.78 is 36.8. The van der Waals surface area contributed by atoms with Crippen molar-refractivity contribution >= 4 is 16.1 Å². The van der Waals surface area contributed by atoms with E-state index in [9.17, 15) is 22.9 Å². The van der Waals surface area contributed by atoms with Crippen LogP contribution in [0.5, 0.6) is 5.75 Å². The van der Waals surface area contributed by atoms with E-state index < -0.39 is 21.0 Å². The van der Waals surface area contributed by atoms with Crippen LogP contribution in [-0.4, -0.2) is 41.4 Å². The molecule has 0 unspecified atom stereocenters. The fourth-order valence-corrected chi connectivity index (χ4v) is 2.61. The largest absolute Gasteiger partial charge is 0.495 e. The summed E-state index contributed by atoms with van der Waals surface area (Å²) in [6.07, 6.45) is 0. The molecule has 0 saturated carbocycles. The Morgan fingerprint density at radius 2 is 2.05 bits per heavy atom.